The summed E-state index contributed by atoms with van der Waals surface area (Å²) < 4.78 is 0. The summed E-state index contributed by atoms with van der Waals surface area (Å²) >= 11 is 0. The summed E-state index contributed by atoms with van der Waals surface area (Å²) in [4.78, 5) is 11.5. The van der Waals surface area contributed by atoms with Gasteiger partial charge in [0.15, 0.2) is 0 Å². The maximum atomic E-state index is 11.5. The Balaban J connectivity index is 2.13. The smallest absolute Gasteiger partial charge is 0.234 e. The summed E-state index contributed by atoms with van der Waals surface area (Å²) in [7, 11) is 0. The first-order chi connectivity index (χ1) is 7.65. The summed E-state index contributed by atoms with van der Waals surface area (Å²) in [6, 6.07) is 0.962. The monoisotopic (exact) mass is 226 g/mol. The van der Waals surface area contributed by atoms with Crippen molar-refractivity contribution in [1.29, 1.82) is 0 Å². The van der Waals surface area contributed by atoms with E-state index in [0.29, 0.717) is 18.6 Å². The number of rotatable bonds is 8. The topological polar surface area (TPSA) is 41.1 Å². The Morgan fingerprint density at radius 3 is 2.50 bits per heavy atom. The second kappa shape index (κ2) is 6.89. The highest BCUT2D eigenvalue weighted by Gasteiger charge is 2.23. The molecule has 0 aromatic rings. The van der Waals surface area contributed by atoms with Crippen LogP contribution in [0.25, 0.3) is 0 Å². The second-order valence-electron chi connectivity index (χ2n) is 5.08. The van der Waals surface area contributed by atoms with E-state index in [4.69, 9.17) is 0 Å². The van der Waals surface area contributed by atoms with Gasteiger partial charge < -0.3 is 10.6 Å². The normalized spacial score (nSPS) is 19.2. The molecule has 3 heteroatoms. The lowest BCUT2D eigenvalue weighted by atomic mass is 9.98. The first kappa shape index (κ1) is 13.5. The van der Waals surface area contributed by atoms with E-state index in [-0.39, 0.29) is 5.91 Å². The molecule has 16 heavy (non-hydrogen) atoms. The zero-order valence-corrected chi connectivity index (χ0v) is 10.9. The van der Waals surface area contributed by atoms with E-state index in [1.165, 1.54) is 12.8 Å². The van der Waals surface area contributed by atoms with Gasteiger partial charge >= 0.3 is 0 Å². The average molecular weight is 226 g/mol. The molecule has 0 aliphatic heterocycles. The van der Waals surface area contributed by atoms with Crippen LogP contribution in [-0.2, 0) is 4.79 Å². The van der Waals surface area contributed by atoms with E-state index in [0.717, 1.165) is 25.2 Å². The van der Waals surface area contributed by atoms with Gasteiger partial charge in [0.05, 0.1) is 6.54 Å². The Hall–Kier alpha value is -0.570. The number of hydrogen-bond donors (Lipinski definition) is 2. The zero-order valence-electron chi connectivity index (χ0n) is 10.9. The van der Waals surface area contributed by atoms with Crippen LogP contribution in [0.1, 0.15) is 52.9 Å². The highest BCUT2D eigenvalue weighted by Crippen LogP contribution is 2.18. The van der Waals surface area contributed by atoms with Crippen molar-refractivity contribution in [3.63, 3.8) is 0 Å². The third-order valence-corrected chi connectivity index (χ3v) is 3.37. The molecular weight excluding hydrogens is 200 g/mol. The van der Waals surface area contributed by atoms with E-state index in [2.05, 4.69) is 31.4 Å². The summed E-state index contributed by atoms with van der Waals surface area (Å²) in [5.74, 6) is 0.897. The summed E-state index contributed by atoms with van der Waals surface area (Å²) in [6.07, 6.45) is 5.81. The number of hydrogen-bond acceptors (Lipinski definition) is 2. The highest BCUT2D eigenvalue weighted by molar-refractivity contribution is 5.78. The molecule has 0 aromatic heterocycles. The highest BCUT2D eigenvalue weighted by atomic mass is 16.2. The van der Waals surface area contributed by atoms with Gasteiger partial charge in [0.25, 0.3) is 0 Å². The van der Waals surface area contributed by atoms with Crippen molar-refractivity contribution < 1.29 is 4.79 Å². The Morgan fingerprint density at radius 2 is 2.00 bits per heavy atom. The summed E-state index contributed by atoms with van der Waals surface area (Å²) in [5.41, 5.74) is 0. The molecule has 1 saturated carbocycles. The van der Waals surface area contributed by atoms with Gasteiger partial charge in [0.2, 0.25) is 5.91 Å². The van der Waals surface area contributed by atoms with Crippen molar-refractivity contribution in [2.75, 3.05) is 6.54 Å². The van der Waals surface area contributed by atoms with Gasteiger partial charge in [-0.15, -0.1) is 0 Å². The first-order valence-corrected chi connectivity index (χ1v) is 6.68. The summed E-state index contributed by atoms with van der Waals surface area (Å²) in [5, 5.41) is 6.35. The van der Waals surface area contributed by atoms with Crippen LogP contribution in [0.4, 0.5) is 0 Å². The lowest BCUT2D eigenvalue weighted by molar-refractivity contribution is -0.120. The van der Waals surface area contributed by atoms with Crippen LogP contribution in [-0.4, -0.2) is 24.5 Å². The van der Waals surface area contributed by atoms with Gasteiger partial charge in [0.1, 0.15) is 0 Å². The molecule has 0 spiro atoms. The van der Waals surface area contributed by atoms with Crippen molar-refractivity contribution in [2.45, 2.75) is 65.0 Å². The third kappa shape index (κ3) is 5.50. The Labute approximate surface area is 99.4 Å². The number of carbonyl (C=O) groups excluding carboxylic acids is 1. The molecule has 0 heterocycles. The van der Waals surface area contributed by atoms with Crippen LogP contribution >= 0.6 is 0 Å². The van der Waals surface area contributed by atoms with Gasteiger partial charge in [-0.1, -0.05) is 27.2 Å². The van der Waals surface area contributed by atoms with Crippen molar-refractivity contribution in [3.8, 4) is 0 Å². The molecule has 3 nitrogen and oxygen atoms in total. The molecule has 0 radical (unpaired) electrons. The van der Waals surface area contributed by atoms with Crippen LogP contribution in [0, 0.1) is 5.92 Å². The fraction of sp³-hybridized carbons (Fsp3) is 0.923. The molecule has 0 aromatic carbocycles. The Kier molecular flexibility index (Phi) is 5.81. The minimum absolute atomic E-state index is 0.158. The molecule has 2 atom stereocenters. The molecule has 1 aliphatic carbocycles. The Bertz CT molecular complexity index is 214. The standard InChI is InChI=1S/C13H26N2O/c1-4-10(3)8-11(5-2)14-9-13(16)15-12-6-7-12/h10-12,14H,4-9H2,1-3H3,(H,15,16). The molecule has 2 N–H and O–H groups in total. The second-order valence-corrected chi connectivity index (χ2v) is 5.08. The predicted octanol–water partition coefficient (Wildman–Crippen LogP) is 2.07. The minimum atomic E-state index is 0.158. The SMILES string of the molecule is CCC(C)CC(CC)NCC(=O)NC1CC1. The van der Waals surface area contributed by atoms with Crippen molar-refractivity contribution >= 4 is 5.91 Å². The molecule has 1 aliphatic rings. The molecule has 1 fully saturated rings. The van der Waals surface area contributed by atoms with Crippen LogP contribution in [0.5, 0.6) is 0 Å². The molecule has 1 amide bonds. The van der Waals surface area contributed by atoms with Crippen molar-refractivity contribution in [1.82, 2.24) is 10.6 Å². The minimum Gasteiger partial charge on any atom is -0.352 e. The van der Waals surface area contributed by atoms with E-state index in [1.54, 1.807) is 0 Å². The predicted molar refractivity (Wildman–Crippen MR) is 67.3 cm³/mol. The fourth-order valence-electron chi connectivity index (χ4n) is 1.79. The maximum Gasteiger partial charge on any atom is 0.234 e. The Morgan fingerprint density at radius 1 is 1.31 bits per heavy atom. The van der Waals surface area contributed by atoms with Gasteiger partial charge in [-0.05, 0) is 31.6 Å². The number of carbonyl (C=O) groups is 1. The van der Waals surface area contributed by atoms with E-state index < -0.39 is 0 Å². The van der Waals surface area contributed by atoms with Crippen molar-refractivity contribution in [3.05, 3.63) is 0 Å². The quantitative estimate of drug-likeness (QED) is 0.665. The van der Waals surface area contributed by atoms with Gasteiger partial charge in [0, 0.05) is 12.1 Å². The molecule has 2 unspecified atom stereocenters. The van der Waals surface area contributed by atoms with Crippen LogP contribution in [0.3, 0.4) is 0 Å². The zero-order chi connectivity index (χ0) is 12.0. The number of nitrogens with one attached hydrogen (secondary N) is 2. The third-order valence-electron chi connectivity index (χ3n) is 3.37. The van der Waals surface area contributed by atoms with Crippen molar-refractivity contribution in [2.24, 2.45) is 5.92 Å². The van der Waals surface area contributed by atoms with Crippen LogP contribution in [0.2, 0.25) is 0 Å². The molecule has 1 rings (SSSR count). The van der Waals surface area contributed by atoms with Crippen LogP contribution < -0.4 is 10.6 Å². The van der Waals surface area contributed by atoms with Gasteiger partial charge in [-0.25, -0.2) is 0 Å². The van der Waals surface area contributed by atoms with E-state index in [9.17, 15) is 4.79 Å². The molecule has 0 bridgehead atoms. The van der Waals surface area contributed by atoms with E-state index >= 15 is 0 Å². The van der Waals surface area contributed by atoms with Gasteiger partial charge in [-0.3, -0.25) is 4.79 Å². The maximum absolute atomic E-state index is 11.5. The van der Waals surface area contributed by atoms with E-state index in [1.807, 2.05) is 0 Å². The molecular formula is C13H26N2O. The first-order valence-electron chi connectivity index (χ1n) is 6.68. The fourth-order valence-corrected chi connectivity index (χ4v) is 1.79. The lowest BCUT2D eigenvalue weighted by Gasteiger charge is -2.20. The average Bonchev–Trinajstić information content (AvgIpc) is 3.07. The lowest BCUT2D eigenvalue weighted by Crippen LogP contribution is -2.40. The largest absolute Gasteiger partial charge is 0.352 e. The van der Waals surface area contributed by atoms with Crippen LogP contribution in [0.15, 0.2) is 0 Å². The number of amides is 1. The summed E-state index contributed by atoms with van der Waals surface area (Å²) in [6.45, 7) is 7.15. The molecule has 94 valence electrons. The van der Waals surface area contributed by atoms with Gasteiger partial charge in [-0.2, -0.15) is 0 Å². The molecule has 0 saturated heterocycles.